The molecule has 2 rings (SSSR count). The topological polar surface area (TPSA) is 72.2 Å². The third-order valence-corrected chi connectivity index (χ3v) is 3.67. The van der Waals surface area contributed by atoms with Crippen molar-refractivity contribution in [1.29, 1.82) is 0 Å². The molecule has 2 aromatic carbocycles. The van der Waals surface area contributed by atoms with Crippen LogP contribution < -0.4 is 5.32 Å². The van der Waals surface area contributed by atoms with Crippen LogP contribution in [-0.2, 0) is 11.3 Å². The van der Waals surface area contributed by atoms with Crippen LogP contribution in [0.3, 0.4) is 0 Å². The Labute approximate surface area is 142 Å². The van der Waals surface area contributed by atoms with Crippen molar-refractivity contribution < 1.29 is 9.72 Å². The van der Waals surface area contributed by atoms with Gasteiger partial charge in [-0.1, -0.05) is 41.4 Å². The Kier molecular flexibility index (Phi) is 5.73. The number of hydrogen-bond donors (Lipinski definition) is 1. The predicted octanol–water partition coefficient (Wildman–Crippen LogP) is 4.23. The van der Waals surface area contributed by atoms with Gasteiger partial charge in [0.25, 0.3) is 5.69 Å². The summed E-state index contributed by atoms with van der Waals surface area (Å²) in [4.78, 5) is 21.9. The highest BCUT2D eigenvalue weighted by molar-refractivity contribution is 6.37. The molecule has 0 aliphatic carbocycles. The van der Waals surface area contributed by atoms with Crippen molar-refractivity contribution >= 4 is 40.9 Å². The average molecular weight is 351 g/mol. The van der Waals surface area contributed by atoms with E-state index in [0.717, 1.165) is 5.56 Å². The molecule has 0 atom stereocenters. The van der Waals surface area contributed by atoms with Crippen LogP contribution in [0, 0.1) is 10.1 Å². The lowest BCUT2D eigenvalue weighted by atomic mass is 10.2. The van der Waals surface area contributed by atoms with E-state index in [1.165, 1.54) is 24.3 Å². The fourth-order valence-electron chi connectivity index (χ4n) is 1.81. The smallest absolute Gasteiger partial charge is 0.269 e. The van der Waals surface area contributed by atoms with Gasteiger partial charge >= 0.3 is 0 Å². The molecule has 0 saturated carbocycles. The fraction of sp³-hybridized carbons (Fsp3) is 0.0625. The van der Waals surface area contributed by atoms with Crippen LogP contribution >= 0.6 is 23.2 Å². The number of carbonyl (C=O) groups excluding carboxylic acids is 1. The zero-order valence-electron chi connectivity index (χ0n) is 11.8. The van der Waals surface area contributed by atoms with Crippen LogP contribution in [0.15, 0.2) is 48.5 Å². The third-order valence-electron chi connectivity index (χ3n) is 3.01. The molecule has 118 valence electrons. The van der Waals surface area contributed by atoms with E-state index in [2.05, 4.69) is 5.32 Å². The molecule has 0 spiro atoms. The fourth-order valence-corrected chi connectivity index (χ4v) is 2.34. The molecule has 0 bridgehead atoms. The van der Waals surface area contributed by atoms with Crippen molar-refractivity contribution in [3.63, 3.8) is 0 Å². The minimum atomic E-state index is -0.474. The van der Waals surface area contributed by atoms with Gasteiger partial charge in [0, 0.05) is 40.4 Å². The van der Waals surface area contributed by atoms with Crippen molar-refractivity contribution in [3.05, 3.63) is 79.8 Å². The van der Waals surface area contributed by atoms with Crippen LogP contribution in [0.4, 0.5) is 5.69 Å². The monoisotopic (exact) mass is 350 g/mol. The van der Waals surface area contributed by atoms with Crippen molar-refractivity contribution in [2.45, 2.75) is 6.54 Å². The number of non-ortho nitro benzene ring substituents is 1. The van der Waals surface area contributed by atoms with Gasteiger partial charge in [-0.05, 0) is 23.8 Å². The summed E-state index contributed by atoms with van der Waals surface area (Å²) < 4.78 is 0. The van der Waals surface area contributed by atoms with Gasteiger partial charge < -0.3 is 5.32 Å². The van der Waals surface area contributed by atoms with Gasteiger partial charge in [0.2, 0.25) is 5.91 Å². The lowest BCUT2D eigenvalue weighted by molar-refractivity contribution is -0.384. The van der Waals surface area contributed by atoms with E-state index in [-0.39, 0.29) is 18.1 Å². The molecule has 0 fully saturated rings. The SMILES string of the molecule is O=C(/C=C/c1c(Cl)cccc1Cl)NCc1ccc([N+](=O)[O-])cc1. The Morgan fingerprint density at radius 1 is 1.13 bits per heavy atom. The second-order valence-corrected chi connectivity index (χ2v) is 5.42. The molecular formula is C16H12Cl2N2O3. The standard InChI is InChI=1S/C16H12Cl2N2O3/c17-14-2-1-3-15(18)13(14)8-9-16(21)19-10-11-4-6-12(7-5-11)20(22)23/h1-9H,10H2,(H,19,21)/b9-8+. The van der Waals surface area contributed by atoms with E-state index >= 15 is 0 Å². The van der Waals surface area contributed by atoms with Gasteiger partial charge in [-0.2, -0.15) is 0 Å². The first kappa shape index (κ1) is 17.0. The van der Waals surface area contributed by atoms with Crippen molar-refractivity contribution in [2.24, 2.45) is 0 Å². The third kappa shape index (κ3) is 4.81. The van der Waals surface area contributed by atoms with Crippen LogP contribution in [0.5, 0.6) is 0 Å². The average Bonchev–Trinajstić information content (AvgIpc) is 2.53. The number of benzene rings is 2. The molecule has 1 amide bonds. The molecule has 0 unspecified atom stereocenters. The van der Waals surface area contributed by atoms with Crippen molar-refractivity contribution in [3.8, 4) is 0 Å². The van der Waals surface area contributed by atoms with Gasteiger partial charge in [-0.3, -0.25) is 14.9 Å². The molecule has 0 aromatic heterocycles. The zero-order valence-corrected chi connectivity index (χ0v) is 13.3. The minimum absolute atomic E-state index is 0.00772. The number of rotatable bonds is 5. The zero-order chi connectivity index (χ0) is 16.8. The predicted molar refractivity (Wildman–Crippen MR) is 90.4 cm³/mol. The summed E-state index contributed by atoms with van der Waals surface area (Å²) in [6.07, 6.45) is 2.87. The first-order chi connectivity index (χ1) is 11.0. The van der Waals surface area contributed by atoms with Gasteiger partial charge in [-0.15, -0.1) is 0 Å². The number of carbonyl (C=O) groups is 1. The number of nitrogens with one attached hydrogen (secondary N) is 1. The van der Waals surface area contributed by atoms with Crippen LogP contribution in [-0.4, -0.2) is 10.8 Å². The molecule has 23 heavy (non-hydrogen) atoms. The maximum Gasteiger partial charge on any atom is 0.269 e. The molecule has 5 nitrogen and oxygen atoms in total. The van der Waals surface area contributed by atoms with E-state index in [0.29, 0.717) is 15.6 Å². The molecule has 1 N–H and O–H groups in total. The minimum Gasteiger partial charge on any atom is -0.348 e. The largest absolute Gasteiger partial charge is 0.348 e. The Balaban J connectivity index is 1.95. The molecule has 2 aromatic rings. The van der Waals surface area contributed by atoms with Gasteiger partial charge in [0.05, 0.1) is 4.92 Å². The first-order valence-corrected chi connectivity index (χ1v) is 7.36. The van der Waals surface area contributed by atoms with Gasteiger partial charge in [0.1, 0.15) is 0 Å². The molecule has 0 radical (unpaired) electrons. The maximum absolute atomic E-state index is 11.8. The number of amides is 1. The second kappa shape index (κ2) is 7.76. The van der Waals surface area contributed by atoms with E-state index in [9.17, 15) is 14.9 Å². The van der Waals surface area contributed by atoms with E-state index < -0.39 is 4.92 Å². The lowest BCUT2D eigenvalue weighted by Crippen LogP contribution is -2.20. The Bertz CT molecular complexity index is 738. The quantitative estimate of drug-likeness (QED) is 0.498. The highest BCUT2D eigenvalue weighted by atomic mass is 35.5. The summed E-state index contributed by atoms with van der Waals surface area (Å²) >= 11 is 12.0. The Hall–Kier alpha value is -2.37. The molecule has 0 aliphatic rings. The summed E-state index contributed by atoms with van der Waals surface area (Å²) in [6.45, 7) is 0.261. The van der Waals surface area contributed by atoms with Crippen LogP contribution in [0.1, 0.15) is 11.1 Å². The summed E-state index contributed by atoms with van der Waals surface area (Å²) in [6, 6.07) is 11.0. The highest BCUT2D eigenvalue weighted by Gasteiger charge is 2.05. The normalized spacial score (nSPS) is 10.7. The second-order valence-electron chi connectivity index (χ2n) is 4.61. The molecular weight excluding hydrogens is 339 g/mol. The summed E-state index contributed by atoms with van der Waals surface area (Å²) in [5.74, 6) is -0.320. The van der Waals surface area contributed by atoms with E-state index in [1.54, 1.807) is 30.3 Å². The number of hydrogen-bond acceptors (Lipinski definition) is 3. The van der Waals surface area contributed by atoms with Crippen LogP contribution in [0.2, 0.25) is 10.0 Å². The highest BCUT2D eigenvalue weighted by Crippen LogP contribution is 2.25. The Morgan fingerprint density at radius 3 is 2.30 bits per heavy atom. The first-order valence-electron chi connectivity index (χ1n) is 6.60. The van der Waals surface area contributed by atoms with Crippen molar-refractivity contribution in [2.75, 3.05) is 0 Å². The number of nitro benzene ring substituents is 1. The summed E-state index contributed by atoms with van der Waals surface area (Å²) in [7, 11) is 0. The van der Waals surface area contributed by atoms with Gasteiger partial charge in [0.15, 0.2) is 0 Å². The van der Waals surface area contributed by atoms with Crippen LogP contribution in [0.25, 0.3) is 6.08 Å². The maximum atomic E-state index is 11.8. The molecule has 0 heterocycles. The van der Waals surface area contributed by atoms with Gasteiger partial charge in [-0.25, -0.2) is 0 Å². The number of halogens is 2. The number of nitro groups is 1. The molecule has 7 heteroatoms. The summed E-state index contributed by atoms with van der Waals surface area (Å²) in [5.41, 5.74) is 1.34. The lowest BCUT2D eigenvalue weighted by Gasteiger charge is -2.03. The molecule has 0 aliphatic heterocycles. The molecule has 0 saturated heterocycles. The summed E-state index contributed by atoms with van der Waals surface area (Å²) in [5, 5.41) is 14.1. The van der Waals surface area contributed by atoms with Crippen molar-refractivity contribution in [1.82, 2.24) is 5.32 Å². The number of nitrogens with zero attached hydrogens (tertiary/aromatic N) is 1. The van der Waals surface area contributed by atoms with E-state index in [4.69, 9.17) is 23.2 Å². The Morgan fingerprint density at radius 2 is 1.74 bits per heavy atom. The van der Waals surface area contributed by atoms with E-state index in [1.807, 2.05) is 0 Å².